The molecule has 1 saturated heterocycles. The van der Waals surface area contributed by atoms with E-state index in [0.29, 0.717) is 0 Å². The Kier molecular flexibility index (Phi) is 7.13. The zero-order valence-electron chi connectivity index (χ0n) is 17.7. The Balaban J connectivity index is 1.31. The molecule has 0 unspecified atom stereocenters. The van der Waals surface area contributed by atoms with E-state index in [0.717, 1.165) is 28.5 Å². The smallest absolute Gasteiger partial charge is 0.142 e. The minimum atomic E-state index is -0.540. The average Bonchev–Trinajstić information content (AvgIpc) is 2.77. The fourth-order valence-electron chi connectivity index (χ4n) is 5.90. The molecule has 1 heterocycles. The van der Waals surface area contributed by atoms with Crippen LogP contribution in [0.5, 0.6) is 0 Å². The van der Waals surface area contributed by atoms with E-state index in [4.69, 9.17) is 11.6 Å². The molecular weight excluding hydrogens is 395 g/mol. The van der Waals surface area contributed by atoms with Gasteiger partial charge in [0.2, 0.25) is 0 Å². The topological polar surface area (TPSA) is 0 Å². The summed E-state index contributed by atoms with van der Waals surface area (Å²) in [5.74, 6) is 1.42. The van der Waals surface area contributed by atoms with Crippen molar-refractivity contribution in [3.05, 3.63) is 58.9 Å². The molecule has 0 bridgehead atoms. The van der Waals surface area contributed by atoms with E-state index in [-0.39, 0.29) is 10.8 Å². The summed E-state index contributed by atoms with van der Waals surface area (Å²) in [4.78, 5) is 0. The summed E-state index contributed by atoms with van der Waals surface area (Å²) in [6, 6.07) is 17.0. The van der Waals surface area contributed by atoms with Crippen molar-refractivity contribution in [3.63, 3.8) is 0 Å². The summed E-state index contributed by atoms with van der Waals surface area (Å²) in [7, 11) is -0.540. The van der Waals surface area contributed by atoms with E-state index in [9.17, 15) is 4.39 Å². The van der Waals surface area contributed by atoms with Crippen LogP contribution in [-0.4, -0.2) is 8.80 Å². The van der Waals surface area contributed by atoms with Crippen LogP contribution in [0.25, 0.3) is 11.1 Å². The largest absolute Gasteiger partial charge is 0.205 e. The van der Waals surface area contributed by atoms with Gasteiger partial charge in [0, 0.05) is 8.80 Å². The Bertz CT molecular complexity index is 787. The predicted molar refractivity (Wildman–Crippen MR) is 126 cm³/mol. The fraction of sp³-hybridized carbons (Fsp3) is 0.538. The van der Waals surface area contributed by atoms with Crippen molar-refractivity contribution in [1.82, 2.24) is 0 Å². The third-order valence-electron chi connectivity index (χ3n) is 7.66. The minimum absolute atomic E-state index is 0.185. The Labute approximate surface area is 182 Å². The van der Waals surface area contributed by atoms with Gasteiger partial charge in [0.05, 0.1) is 5.02 Å². The number of hydrogen-bond donors (Lipinski definition) is 0. The Morgan fingerprint density at radius 2 is 1.55 bits per heavy atom. The molecule has 1 aliphatic carbocycles. The SMILES string of the molecule is CCCC1CCC([SiH]2CCC(c3ccc(-c4ccc(Cl)c(F)c4)cc3)CC2)CC1. The first-order chi connectivity index (χ1) is 14.1. The van der Waals surface area contributed by atoms with Crippen LogP contribution in [0.15, 0.2) is 42.5 Å². The van der Waals surface area contributed by atoms with Gasteiger partial charge in [-0.25, -0.2) is 4.39 Å². The highest BCUT2D eigenvalue weighted by atomic mass is 35.5. The van der Waals surface area contributed by atoms with Gasteiger partial charge in [0.1, 0.15) is 5.82 Å². The van der Waals surface area contributed by atoms with Crippen molar-refractivity contribution in [3.8, 4) is 11.1 Å². The molecule has 2 aromatic rings. The standard InChI is InChI=1S/C26H34ClFSi/c1-2-3-19-4-11-24(12-5-19)29-16-14-22(15-17-29)20-6-8-21(9-7-20)23-10-13-25(27)26(28)18-23/h6-10,13,18-19,22,24,29H,2-5,11-12,14-17H2,1H3. The summed E-state index contributed by atoms with van der Waals surface area (Å²) < 4.78 is 13.8. The van der Waals surface area contributed by atoms with Gasteiger partial charge in [-0.3, -0.25) is 0 Å². The second kappa shape index (κ2) is 9.79. The first kappa shape index (κ1) is 21.1. The van der Waals surface area contributed by atoms with E-state index in [1.165, 1.54) is 62.2 Å². The van der Waals surface area contributed by atoms with Crippen molar-refractivity contribution < 1.29 is 4.39 Å². The van der Waals surface area contributed by atoms with Crippen LogP contribution >= 0.6 is 11.6 Å². The summed E-state index contributed by atoms with van der Waals surface area (Å²) in [5.41, 5.74) is 4.57. The van der Waals surface area contributed by atoms with Gasteiger partial charge in [-0.05, 0) is 59.0 Å². The molecule has 0 N–H and O–H groups in total. The van der Waals surface area contributed by atoms with Gasteiger partial charge in [-0.1, -0.05) is 99.5 Å². The second-order valence-corrected chi connectivity index (χ2v) is 13.5. The van der Waals surface area contributed by atoms with Crippen molar-refractivity contribution in [2.24, 2.45) is 5.92 Å². The van der Waals surface area contributed by atoms with Gasteiger partial charge in [-0.2, -0.15) is 0 Å². The highest BCUT2D eigenvalue weighted by Gasteiger charge is 2.31. The van der Waals surface area contributed by atoms with Gasteiger partial charge in [-0.15, -0.1) is 0 Å². The van der Waals surface area contributed by atoms with Crippen LogP contribution in [0.1, 0.15) is 69.8 Å². The Morgan fingerprint density at radius 3 is 2.17 bits per heavy atom. The van der Waals surface area contributed by atoms with Crippen LogP contribution in [0.3, 0.4) is 0 Å². The van der Waals surface area contributed by atoms with E-state index < -0.39 is 8.80 Å². The number of hydrogen-bond acceptors (Lipinski definition) is 0. The lowest BCUT2D eigenvalue weighted by Gasteiger charge is -2.37. The number of halogens is 2. The molecule has 2 aliphatic rings. The molecule has 2 fully saturated rings. The second-order valence-electron chi connectivity index (χ2n) is 9.43. The maximum absolute atomic E-state index is 13.8. The third kappa shape index (κ3) is 5.14. The molecule has 156 valence electrons. The highest BCUT2D eigenvalue weighted by Crippen LogP contribution is 2.44. The Hall–Kier alpha value is -1.12. The molecule has 0 atom stereocenters. The van der Waals surface area contributed by atoms with Gasteiger partial charge < -0.3 is 0 Å². The molecule has 0 radical (unpaired) electrons. The summed E-state index contributed by atoms with van der Waals surface area (Å²) in [6.45, 7) is 2.34. The van der Waals surface area contributed by atoms with Crippen molar-refractivity contribution in [2.75, 3.05) is 0 Å². The maximum atomic E-state index is 13.8. The molecule has 1 saturated carbocycles. The lowest BCUT2D eigenvalue weighted by atomic mass is 9.86. The summed E-state index contributed by atoms with van der Waals surface area (Å²) >= 11 is 5.81. The molecule has 0 amide bonds. The van der Waals surface area contributed by atoms with E-state index in [2.05, 4.69) is 31.2 Å². The molecule has 0 aromatic heterocycles. The first-order valence-corrected chi connectivity index (χ1v) is 14.4. The molecule has 2 aromatic carbocycles. The van der Waals surface area contributed by atoms with Crippen LogP contribution < -0.4 is 0 Å². The first-order valence-electron chi connectivity index (χ1n) is 11.7. The maximum Gasteiger partial charge on any atom is 0.142 e. The van der Waals surface area contributed by atoms with Gasteiger partial charge in [0.15, 0.2) is 0 Å². The van der Waals surface area contributed by atoms with Gasteiger partial charge in [0.25, 0.3) is 0 Å². The highest BCUT2D eigenvalue weighted by molar-refractivity contribution is 6.60. The van der Waals surface area contributed by atoms with Crippen molar-refractivity contribution in [2.45, 2.75) is 81.8 Å². The van der Waals surface area contributed by atoms with Crippen LogP contribution in [0.4, 0.5) is 4.39 Å². The van der Waals surface area contributed by atoms with E-state index >= 15 is 0 Å². The molecule has 0 nitrogen and oxygen atoms in total. The zero-order chi connectivity index (χ0) is 20.2. The van der Waals surface area contributed by atoms with Crippen LogP contribution in [0, 0.1) is 11.7 Å². The normalized spacial score (nSPS) is 27.7. The lowest BCUT2D eigenvalue weighted by Crippen LogP contribution is -2.29. The molecular formula is C26H34ClFSi. The monoisotopic (exact) mass is 428 g/mol. The summed E-state index contributed by atoms with van der Waals surface area (Å²) in [5, 5.41) is 0.185. The van der Waals surface area contributed by atoms with Crippen molar-refractivity contribution >= 4 is 20.4 Å². The summed E-state index contributed by atoms with van der Waals surface area (Å²) in [6.07, 6.45) is 11.7. The molecule has 3 heteroatoms. The predicted octanol–water partition coefficient (Wildman–Crippen LogP) is 8.61. The molecule has 29 heavy (non-hydrogen) atoms. The molecule has 0 spiro atoms. The number of rotatable bonds is 5. The molecule has 1 aliphatic heterocycles. The van der Waals surface area contributed by atoms with Crippen LogP contribution in [-0.2, 0) is 0 Å². The van der Waals surface area contributed by atoms with Crippen molar-refractivity contribution in [1.29, 1.82) is 0 Å². The molecule has 4 rings (SSSR count). The lowest BCUT2D eigenvalue weighted by molar-refractivity contribution is 0.332. The average molecular weight is 429 g/mol. The zero-order valence-corrected chi connectivity index (χ0v) is 19.6. The van der Waals surface area contributed by atoms with E-state index in [1.807, 2.05) is 6.07 Å². The third-order valence-corrected chi connectivity index (χ3v) is 12.1. The van der Waals surface area contributed by atoms with Crippen LogP contribution in [0.2, 0.25) is 22.7 Å². The number of benzene rings is 2. The quantitative estimate of drug-likeness (QED) is 0.418. The minimum Gasteiger partial charge on any atom is -0.205 e. The van der Waals surface area contributed by atoms with E-state index in [1.54, 1.807) is 18.9 Å². The Morgan fingerprint density at radius 1 is 0.897 bits per heavy atom. The fourth-order valence-corrected chi connectivity index (χ4v) is 10.2. The van der Waals surface area contributed by atoms with Gasteiger partial charge >= 0.3 is 0 Å².